The van der Waals surface area contributed by atoms with Crippen LogP contribution in [0.2, 0.25) is 0 Å². The first-order chi connectivity index (χ1) is 15.2. The van der Waals surface area contributed by atoms with E-state index in [1.165, 1.54) is 0 Å². The SMILES string of the molecule is COc1ccc2c(n1)C=CC(CCCOC1CC[N+]1(C)C(Cl)C(C)=C(N)NC(C)C)N2C. The van der Waals surface area contributed by atoms with Gasteiger partial charge >= 0.3 is 0 Å². The first kappa shape index (κ1) is 24.7. The summed E-state index contributed by atoms with van der Waals surface area (Å²) in [5.74, 6) is 1.31. The van der Waals surface area contributed by atoms with Crippen molar-refractivity contribution in [1.82, 2.24) is 10.3 Å². The van der Waals surface area contributed by atoms with Gasteiger partial charge in [-0.1, -0.05) is 17.7 Å². The summed E-state index contributed by atoms with van der Waals surface area (Å²) in [5, 5.41) is 3.26. The molecule has 1 fully saturated rings. The number of alkyl halides is 1. The van der Waals surface area contributed by atoms with Crippen molar-refractivity contribution in [2.24, 2.45) is 5.73 Å². The molecule has 0 bridgehead atoms. The number of nitrogens with zero attached hydrogens (tertiary/aromatic N) is 3. The predicted octanol–water partition coefficient (Wildman–Crippen LogP) is 3.65. The predicted molar refractivity (Wildman–Crippen MR) is 131 cm³/mol. The minimum Gasteiger partial charge on any atom is -0.481 e. The lowest BCUT2D eigenvalue weighted by atomic mass is 10.0. The number of fused-ring (bicyclic) bond motifs is 1. The molecule has 178 valence electrons. The molecule has 0 radical (unpaired) electrons. The van der Waals surface area contributed by atoms with Crippen LogP contribution < -0.4 is 20.7 Å². The minimum absolute atomic E-state index is 0.108. The van der Waals surface area contributed by atoms with Gasteiger partial charge < -0.3 is 25.4 Å². The number of aromatic nitrogens is 1. The van der Waals surface area contributed by atoms with Crippen molar-refractivity contribution < 1.29 is 14.0 Å². The van der Waals surface area contributed by atoms with Gasteiger partial charge in [0.25, 0.3) is 0 Å². The standard InChI is InChI=1S/C24H39ClN5O2/c1-16(2)27-24(26)17(3)23(25)30(5)14-13-22(30)32-15-7-8-18-9-10-19-20(29(18)4)11-12-21(28-19)31-6/h9-12,16,18,22-23,27H,7-8,13-15,26H2,1-6H3/q+1. The van der Waals surface area contributed by atoms with Crippen LogP contribution in [0, 0.1) is 0 Å². The molecule has 3 heterocycles. The number of quaternary nitrogens is 1. The lowest BCUT2D eigenvalue weighted by molar-refractivity contribution is -1.00. The number of methoxy groups -OCH3 is 1. The first-order valence-electron chi connectivity index (χ1n) is 11.5. The van der Waals surface area contributed by atoms with Crippen LogP contribution in [-0.2, 0) is 4.74 Å². The Morgan fingerprint density at radius 3 is 2.78 bits per heavy atom. The highest BCUT2D eigenvalue weighted by molar-refractivity contribution is 6.21. The summed E-state index contributed by atoms with van der Waals surface area (Å²) in [5.41, 5.74) is 9.07. The zero-order valence-electron chi connectivity index (χ0n) is 20.3. The second kappa shape index (κ2) is 10.3. The molecule has 0 aromatic carbocycles. The van der Waals surface area contributed by atoms with Crippen LogP contribution in [0.5, 0.6) is 5.88 Å². The maximum atomic E-state index is 6.85. The monoisotopic (exact) mass is 464 g/mol. The maximum Gasteiger partial charge on any atom is 0.213 e. The molecule has 3 rings (SSSR count). The zero-order valence-corrected chi connectivity index (χ0v) is 21.0. The molecular weight excluding hydrogens is 426 g/mol. The third kappa shape index (κ3) is 5.16. The number of hydrogen-bond donors (Lipinski definition) is 2. The molecular formula is C24H39ClN5O2+. The molecule has 0 spiro atoms. The van der Waals surface area contributed by atoms with E-state index < -0.39 is 0 Å². The smallest absolute Gasteiger partial charge is 0.213 e. The number of nitrogens with one attached hydrogen (secondary N) is 1. The molecule has 2 aliphatic heterocycles. The lowest BCUT2D eigenvalue weighted by Gasteiger charge is -2.51. The average Bonchev–Trinajstić information content (AvgIpc) is 2.77. The molecule has 0 saturated carbocycles. The van der Waals surface area contributed by atoms with Gasteiger partial charge in [0.2, 0.25) is 5.88 Å². The van der Waals surface area contributed by atoms with E-state index in [4.69, 9.17) is 26.8 Å². The molecule has 1 aromatic rings. The second-order valence-electron chi connectivity index (χ2n) is 9.35. The van der Waals surface area contributed by atoms with Crippen LogP contribution >= 0.6 is 11.6 Å². The Hall–Kier alpha value is -1.96. The molecule has 4 atom stereocenters. The number of anilines is 1. The molecule has 1 aromatic heterocycles. The maximum absolute atomic E-state index is 6.85. The summed E-state index contributed by atoms with van der Waals surface area (Å²) < 4.78 is 12.2. The van der Waals surface area contributed by atoms with Gasteiger partial charge in [0.05, 0.1) is 45.1 Å². The topological polar surface area (TPSA) is 72.6 Å². The van der Waals surface area contributed by atoms with E-state index in [9.17, 15) is 0 Å². The number of nitrogens with two attached hydrogens (primary N) is 1. The van der Waals surface area contributed by atoms with Crippen LogP contribution in [0.3, 0.4) is 0 Å². The Bertz CT molecular complexity index is 859. The Morgan fingerprint density at radius 2 is 2.16 bits per heavy atom. The number of rotatable bonds is 10. The van der Waals surface area contributed by atoms with Crippen LogP contribution in [0.25, 0.3) is 6.08 Å². The fourth-order valence-electron chi connectivity index (χ4n) is 4.45. The summed E-state index contributed by atoms with van der Waals surface area (Å²) in [6, 6.07) is 4.59. The Labute approximate surface area is 197 Å². The molecule has 2 aliphatic rings. The average molecular weight is 465 g/mol. The van der Waals surface area contributed by atoms with Crippen molar-refractivity contribution in [3.8, 4) is 5.88 Å². The van der Waals surface area contributed by atoms with Gasteiger partial charge in [-0.2, -0.15) is 0 Å². The van der Waals surface area contributed by atoms with Gasteiger partial charge in [0.1, 0.15) is 5.82 Å². The van der Waals surface area contributed by atoms with E-state index >= 15 is 0 Å². The van der Waals surface area contributed by atoms with E-state index in [2.05, 4.69) is 61.4 Å². The fourth-order valence-corrected chi connectivity index (χ4v) is 4.79. The first-order valence-corrected chi connectivity index (χ1v) is 11.9. The van der Waals surface area contributed by atoms with Crippen molar-refractivity contribution in [2.45, 2.75) is 63.8 Å². The molecule has 0 aliphatic carbocycles. The molecule has 0 amide bonds. The van der Waals surface area contributed by atoms with Gasteiger partial charge in [-0.15, -0.1) is 0 Å². The van der Waals surface area contributed by atoms with Crippen LogP contribution in [0.4, 0.5) is 5.69 Å². The molecule has 4 unspecified atom stereocenters. The summed E-state index contributed by atoms with van der Waals surface area (Å²) in [6.45, 7) is 7.86. The highest BCUT2D eigenvalue weighted by atomic mass is 35.5. The quantitative estimate of drug-likeness (QED) is 0.238. The normalized spacial score (nSPS) is 26.3. The number of halogens is 1. The number of ether oxygens (including phenoxy) is 2. The number of pyridine rings is 1. The highest BCUT2D eigenvalue weighted by Gasteiger charge is 2.49. The van der Waals surface area contributed by atoms with Gasteiger partial charge in [-0.25, -0.2) is 4.98 Å². The summed E-state index contributed by atoms with van der Waals surface area (Å²) >= 11 is 6.85. The van der Waals surface area contributed by atoms with Crippen LogP contribution in [-0.4, -0.2) is 67.6 Å². The van der Waals surface area contributed by atoms with E-state index in [-0.39, 0.29) is 17.8 Å². The fraction of sp³-hybridized carbons (Fsp3) is 0.625. The van der Waals surface area contributed by atoms with Gasteiger partial charge in [-0.05, 0) is 45.8 Å². The van der Waals surface area contributed by atoms with Crippen LogP contribution in [0.15, 0.2) is 29.6 Å². The van der Waals surface area contributed by atoms with Crippen molar-refractivity contribution in [1.29, 1.82) is 0 Å². The van der Waals surface area contributed by atoms with Crippen molar-refractivity contribution in [3.63, 3.8) is 0 Å². The molecule has 1 saturated heterocycles. The Balaban J connectivity index is 1.50. The highest BCUT2D eigenvalue weighted by Crippen LogP contribution is 2.36. The van der Waals surface area contributed by atoms with E-state index in [0.717, 1.165) is 49.4 Å². The molecule has 8 heteroatoms. The third-order valence-corrected chi connectivity index (χ3v) is 7.43. The second-order valence-corrected chi connectivity index (χ2v) is 9.77. The molecule has 7 nitrogen and oxygen atoms in total. The van der Waals surface area contributed by atoms with Crippen LogP contribution in [0.1, 0.15) is 45.7 Å². The summed E-state index contributed by atoms with van der Waals surface area (Å²) in [6.07, 6.45) is 7.43. The summed E-state index contributed by atoms with van der Waals surface area (Å²) in [7, 11) is 5.92. The van der Waals surface area contributed by atoms with Crippen molar-refractivity contribution in [2.75, 3.05) is 39.3 Å². The number of likely N-dealkylation sites (tertiary alicyclic amines) is 1. The third-order valence-electron chi connectivity index (χ3n) is 6.65. The van der Waals surface area contributed by atoms with Gasteiger partial charge in [0, 0.05) is 30.8 Å². The van der Waals surface area contributed by atoms with E-state index in [0.29, 0.717) is 22.2 Å². The lowest BCUT2D eigenvalue weighted by Crippen LogP contribution is -2.67. The largest absolute Gasteiger partial charge is 0.481 e. The van der Waals surface area contributed by atoms with Gasteiger partial charge in [-0.3, -0.25) is 4.48 Å². The van der Waals surface area contributed by atoms with E-state index in [1.54, 1.807) is 7.11 Å². The Kier molecular flexibility index (Phi) is 7.96. The van der Waals surface area contributed by atoms with E-state index in [1.807, 2.05) is 13.0 Å². The minimum atomic E-state index is -0.201. The summed E-state index contributed by atoms with van der Waals surface area (Å²) in [4.78, 5) is 6.80. The number of likely N-dealkylation sites (N-methyl/N-ethyl adjacent to an activating group) is 2. The Morgan fingerprint density at radius 1 is 1.41 bits per heavy atom. The van der Waals surface area contributed by atoms with Gasteiger partial charge in [0.15, 0.2) is 11.7 Å². The van der Waals surface area contributed by atoms with Crippen molar-refractivity contribution in [3.05, 3.63) is 35.3 Å². The number of hydrogen-bond acceptors (Lipinski definition) is 6. The zero-order chi connectivity index (χ0) is 23.5. The van der Waals surface area contributed by atoms with Crippen molar-refractivity contribution >= 4 is 23.4 Å². The molecule has 3 N–H and O–H groups in total. The molecule has 32 heavy (non-hydrogen) atoms.